The fourth-order valence-corrected chi connectivity index (χ4v) is 4.05. The third-order valence-corrected chi connectivity index (χ3v) is 5.57. The Morgan fingerprint density at radius 3 is 2.89 bits per heavy atom. The fraction of sp³-hybridized carbons (Fsp3) is 0.308. The largest absolute Gasteiger partial charge is 0.326 e. The van der Waals surface area contributed by atoms with Crippen LogP contribution >= 0.6 is 34.7 Å². The number of hydrogen-bond acceptors (Lipinski definition) is 4. The number of pyridine rings is 1. The first kappa shape index (κ1) is 13.9. The molecule has 18 heavy (non-hydrogen) atoms. The monoisotopic (exact) mass is 298 g/mol. The highest BCUT2D eigenvalue weighted by molar-refractivity contribution is 7.99. The van der Waals surface area contributed by atoms with Gasteiger partial charge in [0.25, 0.3) is 0 Å². The van der Waals surface area contributed by atoms with Crippen LogP contribution in [0.4, 0.5) is 0 Å². The molecule has 0 saturated heterocycles. The minimum Gasteiger partial charge on any atom is -0.326 e. The van der Waals surface area contributed by atoms with E-state index in [0.29, 0.717) is 5.02 Å². The topological polar surface area (TPSA) is 38.9 Å². The molecule has 0 aliphatic carbocycles. The summed E-state index contributed by atoms with van der Waals surface area (Å²) in [4.78, 5) is 5.60. The lowest BCUT2D eigenvalue weighted by Crippen LogP contribution is -2.25. The smallest absolute Gasteiger partial charge is 0.115 e. The van der Waals surface area contributed by atoms with Crippen molar-refractivity contribution in [3.8, 4) is 0 Å². The van der Waals surface area contributed by atoms with Crippen molar-refractivity contribution in [1.29, 1.82) is 0 Å². The Labute approximate surface area is 121 Å². The number of hydrogen-bond donors (Lipinski definition) is 1. The second kappa shape index (κ2) is 6.57. The van der Waals surface area contributed by atoms with Crippen LogP contribution in [0.1, 0.15) is 23.5 Å². The third-order valence-electron chi connectivity index (χ3n) is 2.65. The van der Waals surface area contributed by atoms with E-state index in [1.807, 2.05) is 12.1 Å². The van der Waals surface area contributed by atoms with Crippen LogP contribution < -0.4 is 5.73 Å². The zero-order valence-electron chi connectivity index (χ0n) is 10.0. The van der Waals surface area contributed by atoms with Gasteiger partial charge in [0.05, 0.1) is 10.3 Å². The summed E-state index contributed by atoms with van der Waals surface area (Å²) in [6, 6.07) is 7.98. The average Bonchev–Trinajstić information content (AvgIpc) is 2.90. The van der Waals surface area contributed by atoms with Crippen LogP contribution in [-0.4, -0.2) is 11.0 Å². The van der Waals surface area contributed by atoms with E-state index >= 15 is 0 Å². The maximum absolute atomic E-state index is 6.22. The maximum Gasteiger partial charge on any atom is 0.115 e. The minimum atomic E-state index is 0.103. The first-order valence-corrected chi connectivity index (χ1v) is 7.92. The molecule has 2 unspecified atom stereocenters. The summed E-state index contributed by atoms with van der Waals surface area (Å²) in [5.41, 5.74) is 6.22. The van der Waals surface area contributed by atoms with Crippen LogP contribution in [0.3, 0.4) is 0 Å². The molecular formula is C13H15ClN2S2. The number of thiophene rings is 1. The van der Waals surface area contributed by atoms with Gasteiger partial charge in [0.2, 0.25) is 0 Å². The molecule has 0 spiro atoms. The summed E-state index contributed by atoms with van der Waals surface area (Å²) in [7, 11) is 0. The highest BCUT2D eigenvalue weighted by Crippen LogP contribution is 2.41. The van der Waals surface area contributed by atoms with Crippen LogP contribution in [0.25, 0.3) is 0 Å². The van der Waals surface area contributed by atoms with Crippen molar-refractivity contribution in [2.24, 2.45) is 5.73 Å². The van der Waals surface area contributed by atoms with E-state index in [-0.39, 0.29) is 11.3 Å². The standard InChI is InChI=1S/C13H15ClN2S2/c1-2-10(15)12(11-6-4-8-17-11)18-13-9(14)5-3-7-16-13/h3-8,10,12H,2,15H2,1H3. The molecule has 2 N–H and O–H groups in total. The molecule has 2 heterocycles. The van der Waals surface area contributed by atoms with Gasteiger partial charge in [-0.3, -0.25) is 0 Å². The number of nitrogens with zero attached hydrogens (tertiary/aromatic N) is 1. The van der Waals surface area contributed by atoms with E-state index in [1.165, 1.54) is 4.88 Å². The predicted octanol–water partition coefficient (Wildman–Crippen LogP) is 4.37. The molecule has 0 saturated carbocycles. The molecule has 2 aromatic heterocycles. The molecule has 2 aromatic rings. The van der Waals surface area contributed by atoms with Crippen LogP contribution in [-0.2, 0) is 0 Å². The molecule has 5 heteroatoms. The van der Waals surface area contributed by atoms with E-state index in [1.54, 1.807) is 29.3 Å². The van der Waals surface area contributed by atoms with Crippen molar-refractivity contribution >= 4 is 34.7 Å². The van der Waals surface area contributed by atoms with E-state index in [9.17, 15) is 0 Å². The highest BCUT2D eigenvalue weighted by atomic mass is 35.5. The van der Waals surface area contributed by atoms with E-state index in [4.69, 9.17) is 17.3 Å². The van der Waals surface area contributed by atoms with Gasteiger partial charge in [-0.25, -0.2) is 4.98 Å². The minimum absolute atomic E-state index is 0.103. The zero-order chi connectivity index (χ0) is 13.0. The van der Waals surface area contributed by atoms with Gasteiger partial charge in [-0.05, 0) is 30.0 Å². The molecule has 96 valence electrons. The zero-order valence-corrected chi connectivity index (χ0v) is 12.4. The summed E-state index contributed by atoms with van der Waals surface area (Å²) in [6.45, 7) is 2.10. The Morgan fingerprint density at radius 2 is 2.28 bits per heavy atom. The van der Waals surface area contributed by atoms with Crippen molar-refractivity contribution in [2.75, 3.05) is 0 Å². The second-order valence-corrected chi connectivity index (χ2v) is 6.43. The molecule has 2 nitrogen and oxygen atoms in total. The molecule has 2 rings (SSSR count). The number of thioether (sulfide) groups is 1. The molecule has 0 aliphatic heterocycles. The lowest BCUT2D eigenvalue weighted by atomic mass is 10.1. The van der Waals surface area contributed by atoms with Crippen LogP contribution in [0.15, 0.2) is 40.9 Å². The molecule has 0 bridgehead atoms. The van der Waals surface area contributed by atoms with Crippen molar-refractivity contribution < 1.29 is 0 Å². The molecule has 0 amide bonds. The maximum atomic E-state index is 6.22. The summed E-state index contributed by atoms with van der Waals surface area (Å²) in [6.07, 6.45) is 2.69. The van der Waals surface area contributed by atoms with Crippen LogP contribution in [0.5, 0.6) is 0 Å². The third kappa shape index (κ3) is 3.26. The Morgan fingerprint density at radius 1 is 1.44 bits per heavy atom. The molecular weight excluding hydrogens is 284 g/mol. The number of halogens is 1. The lowest BCUT2D eigenvalue weighted by molar-refractivity contribution is 0.639. The molecule has 0 aromatic carbocycles. The van der Waals surface area contributed by atoms with Crippen LogP contribution in [0.2, 0.25) is 5.02 Å². The van der Waals surface area contributed by atoms with Crippen LogP contribution in [0, 0.1) is 0 Å². The molecule has 2 atom stereocenters. The molecule has 0 radical (unpaired) electrons. The normalized spacial score (nSPS) is 14.4. The number of rotatable bonds is 5. The van der Waals surface area contributed by atoms with Gasteiger partial charge in [0.1, 0.15) is 5.03 Å². The Hall–Kier alpha value is -0.550. The van der Waals surface area contributed by atoms with Crippen molar-refractivity contribution in [1.82, 2.24) is 4.98 Å². The van der Waals surface area contributed by atoms with Crippen molar-refractivity contribution in [3.63, 3.8) is 0 Å². The lowest BCUT2D eigenvalue weighted by Gasteiger charge is -2.21. The fourth-order valence-electron chi connectivity index (χ4n) is 1.60. The van der Waals surface area contributed by atoms with E-state index in [0.717, 1.165) is 11.4 Å². The summed E-state index contributed by atoms with van der Waals surface area (Å²) in [5, 5.41) is 3.82. The number of nitrogens with two attached hydrogens (primary N) is 1. The summed E-state index contributed by atoms with van der Waals surface area (Å²) < 4.78 is 0. The quantitative estimate of drug-likeness (QED) is 0.833. The van der Waals surface area contributed by atoms with Gasteiger partial charge in [0, 0.05) is 17.1 Å². The van der Waals surface area contributed by atoms with Gasteiger partial charge in [0.15, 0.2) is 0 Å². The first-order valence-electron chi connectivity index (χ1n) is 5.78. The SMILES string of the molecule is CCC(N)C(Sc1ncccc1Cl)c1cccs1. The summed E-state index contributed by atoms with van der Waals surface area (Å²) in [5.74, 6) is 0. The highest BCUT2D eigenvalue weighted by Gasteiger charge is 2.22. The van der Waals surface area contributed by atoms with Gasteiger partial charge in [-0.2, -0.15) is 0 Å². The molecule has 0 fully saturated rings. The first-order chi connectivity index (χ1) is 8.72. The number of aromatic nitrogens is 1. The second-order valence-electron chi connectivity index (χ2n) is 3.92. The Bertz CT molecular complexity index is 487. The van der Waals surface area contributed by atoms with Gasteiger partial charge < -0.3 is 5.73 Å². The van der Waals surface area contributed by atoms with Gasteiger partial charge in [-0.1, -0.05) is 36.4 Å². The van der Waals surface area contributed by atoms with Crippen molar-refractivity contribution in [2.45, 2.75) is 29.7 Å². The Kier molecular flexibility index (Phi) is 5.06. The van der Waals surface area contributed by atoms with E-state index in [2.05, 4.69) is 29.4 Å². The van der Waals surface area contributed by atoms with Gasteiger partial charge >= 0.3 is 0 Å². The van der Waals surface area contributed by atoms with Crippen molar-refractivity contribution in [3.05, 3.63) is 45.7 Å². The predicted molar refractivity (Wildman–Crippen MR) is 80.4 cm³/mol. The molecule has 0 aliphatic rings. The van der Waals surface area contributed by atoms with E-state index < -0.39 is 0 Å². The average molecular weight is 299 g/mol. The van der Waals surface area contributed by atoms with Gasteiger partial charge in [-0.15, -0.1) is 11.3 Å². The summed E-state index contributed by atoms with van der Waals surface area (Å²) >= 11 is 9.53. The Balaban J connectivity index is 2.24.